The van der Waals surface area contributed by atoms with Gasteiger partial charge in [-0.2, -0.15) is 0 Å². The van der Waals surface area contributed by atoms with Crippen molar-refractivity contribution in [3.05, 3.63) is 71.6 Å². The molecule has 1 aliphatic heterocycles. The molecule has 1 heterocycles. The zero-order chi connectivity index (χ0) is 19.9. The van der Waals surface area contributed by atoms with Crippen molar-refractivity contribution in [2.75, 3.05) is 39.2 Å². The maximum Gasteiger partial charge on any atom is 0.193 e. The molecular formula is C22H27FN4O. The average Bonchev–Trinajstić information content (AvgIpc) is 3.24. The van der Waals surface area contributed by atoms with Gasteiger partial charge >= 0.3 is 0 Å². The number of nitrogens with one attached hydrogen (secondary N) is 1. The van der Waals surface area contributed by atoms with E-state index in [9.17, 15) is 4.39 Å². The summed E-state index contributed by atoms with van der Waals surface area (Å²) in [5, 5.41) is 3.38. The van der Waals surface area contributed by atoms with Crippen LogP contribution in [0, 0.1) is 5.82 Å². The summed E-state index contributed by atoms with van der Waals surface area (Å²) in [5.41, 5.74) is 3.27. The van der Waals surface area contributed by atoms with Gasteiger partial charge in [0.25, 0.3) is 0 Å². The summed E-state index contributed by atoms with van der Waals surface area (Å²) in [6.45, 7) is 3.13. The van der Waals surface area contributed by atoms with Crippen LogP contribution in [-0.4, -0.2) is 45.2 Å². The fraction of sp³-hybridized carbons (Fsp3) is 0.318. The van der Waals surface area contributed by atoms with Crippen LogP contribution in [0.2, 0.25) is 0 Å². The van der Waals surface area contributed by atoms with Crippen molar-refractivity contribution in [1.82, 2.24) is 10.2 Å². The average molecular weight is 382 g/mol. The Morgan fingerprint density at radius 2 is 1.96 bits per heavy atom. The first-order valence-corrected chi connectivity index (χ1v) is 9.34. The van der Waals surface area contributed by atoms with Crippen LogP contribution in [0.25, 0.3) is 0 Å². The molecule has 2 aromatic rings. The molecule has 0 amide bonds. The van der Waals surface area contributed by atoms with Gasteiger partial charge in [-0.1, -0.05) is 30.4 Å². The first-order valence-electron chi connectivity index (χ1n) is 9.34. The van der Waals surface area contributed by atoms with Crippen LogP contribution in [0.3, 0.4) is 0 Å². The highest BCUT2D eigenvalue weighted by Crippen LogP contribution is 2.19. The molecule has 0 spiro atoms. The standard InChI is InChI=1S/C22H27FN4O/c1-24-22(26(2)16-18-9-10-21(28-3)20(23)14-18)25-15-17-7-6-8-19(13-17)27-11-4-5-12-27/h4-10,13-14H,11-12,15-16H2,1-3H3,(H,24,25). The Labute approximate surface area is 166 Å². The first kappa shape index (κ1) is 19.7. The molecule has 0 radical (unpaired) electrons. The monoisotopic (exact) mass is 382 g/mol. The van der Waals surface area contributed by atoms with Crippen molar-refractivity contribution in [3.8, 4) is 5.75 Å². The first-order chi connectivity index (χ1) is 13.6. The van der Waals surface area contributed by atoms with Crippen molar-refractivity contribution in [1.29, 1.82) is 0 Å². The number of halogens is 1. The summed E-state index contributed by atoms with van der Waals surface area (Å²) in [4.78, 5) is 8.64. The van der Waals surface area contributed by atoms with E-state index in [0.29, 0.717) is 13.1 Å². The van der Waals surface area contributed by atoms with E-state index >= 15 is 0 Å². The van der Waals surface area contributed by atoms with Crippen molar-refractivity contribution >= 4 is 11.6 Å². The SMILES string of the molecule is CN=C(NCc1cccc(N2CC=CC2)c1)N(C)Cc1ccc(OC)c(F)c1. The normalized spacial score (nSPS) is 13.7. The molecule has 0 saturated heterocycles. The lowest BCUT2D eigenvalue weighted by molar-refractivity contribution is 0.385. The minimum Gasteiger partial charge on any atom is -0.494 e. The van der Waals surface area contributed by atoms with Crippen LogP contribution in [-0.2, 0) is 13.1 Å². The molecule has 0 atom stereocenters. The molecule has 2 aromatic carbocycles. The fourth-order valence-corrected chi connectivity index (χ4v) is 3.27. The Hall–Kier alpha value is -3.02. The molecule has 3 rings (SSSR count). The van der Waals surface area contributed by atoms with Gasteiger partial charge in [-0.3, -0.25) is 4.99 Å². The lowest BCUT2D eigenvalue weighted by Gasteiger charge is -2.23. The maximum atomic E-state index is 13.9. The van der Waals surface area contributed by atoms with E-state index in [1.165, 1.54) is 24.4 Å². The van der Waals surface area contributed by atoms with Gasteiger partial charge in [0.15, 0.2) is 17.5 Å². The van der Waals surface area contributed by atoms with Gasteiger partial charge in [0.1, 0.15) is 0 Å². The van der Waals surface area contributed by atoms with E-state index in [-0.39, 0.29) is 11.6 Å². The Bertz CT molecular complexity index is 857. The van der Waals surface area contributed by atoms with Crippen molar-refractivity contribution in [2.24, 2.45) is 4.99 Å². The number of methoxy groups -OCH3 is 1. The number of benzene rings is 2. The molecule has 28 heavy (non-hydrogen) atoms. The summed E-state index contributed by atoms with van der Waals surface area (Å²) < 4.78 is 18.9. The van der Waals surface area contributed by atoms with Gasteiger partial charge in [-0.25, -0.2) is 4.39 Å². The quantitative estimate of drug-likeness (QED) is 0.472. The van der Waals surface area contributed by atoms with Crippen molar-refractivity contribution < 1.29 is 9.13 Å². The van der Waals surface area contributed by atoms with E-state index < -0.39 is 0 Å². The van der Waals surface area contributed by atoms with Gasteiger partial charge in [0.05, 0.1) is 7.11 Å². The van der Waals surface area contributed by atoms with Gasteiger partial charge in [0.2, 0.25) is 0 Å². The number of nitrogens with zero attached hydrogens (tertiary/aromatic N) is 3. The number of guanidine groups is 1. The maximum absolute atomic E-state index is 13.9. The highest BCUT2D eigenvalue weighted by Gasteiger charge is 2.11. The predicted molar refractivity (Wildman–Crippen MR) is 112 cm³/mol. The molecule has 0 aliphatic carbocycles. The fourth-order valence-electron chi connectivity index (χ4n) is 3.27. The minimum absolute atomic E-state index is 0.252. The predicted octanol–water partition coefficient (Wildman–Crippen LogP) is 3.42. The van der Waals surface area contributed by atoms with Crippen LogP contribution in [0.5, 0.6) is 5.75 Å². The van der Waals surface area contributed by atoms with Crippen molar-refractivity contribution in [3.63, 3.8) is 0 Å². The lowest BCUT2D eigenvalue weighted by Crippen LogP contribution is -2.38. The number of anilines is 1. The number of hydrogen-bond acceptors (Lipinski definition) is 3. The van der Waals surface area contributed by atoms with Gasteiger partial charge in [-0.15, -0.1) is 0 Å². The highest BCUT2D eigenvalue weighted by molar-refractivity contribution is 5.79. The summed E-state index contributed by atoms with van der Waals surface area (Å²) in [5.74, 6) is 0.649. The van der Waals surface area contributed by atoms with E-state index in [4.69, 9.17) is 4.74 Å². The summed E-state index contributed by atoms with van der Waals surface area (Å²) in [7, 11) is 5.15. The second-order valence-electron chi connectivity index (χ2n) is 6.77. The number of aliphatic imine (C=N–C) groups is 1. The third kappa shape index (κ3) is 4.82. The van der Waals surface area contributed by atoms with E-state index in [2.05, 4.69) is 51.6 Å². The van der Waals surface area contributed by atoms with Gasteiger partial charge in [0, 0.05) is 46.0 Å². The molecule has 5 nitrogen and oxygen atoms in total. The van der Waals surface area contributed by atoms with Crippen LogP contribution < -0.4 is 15.0 Å². The zero-order valence-corrected chi connectivity index (χ0v) is 16.7. The van der Waals surface area contributed by atoms with Crippen molar-refractivity contribution in [2.45, 2.75) is 13.1 Å². The molecule has 0 saturated carbocycles. The second-order valence-corrected chi connectivity index (χ2v) is 6.77. The van der Waals surface area contributed by atoms with Crippen LogP contribution in [0.15, 0.2) is 59.6 Å². The summed E-state index contributed by atoms with van der Waals surface area (Å²) >= 11 is 0. The Kier molecular flexibility index (Phi) is 6.53. The summed E-state index contributed by atoms with van der Waals surface area (Å²) in [6, 6.07) is 13.5. The van der Waals surface area contributed by atoms with E-state index in [1.807, 2.05) is 18.0 Å². The molecule has 1 N–H and O–H groups in total. The van der Waals surface area contributed by atoms with Crippen LogP contribution in [0.1, 0.15) is 11.1 Å². The largest absolute Gasteiger partial charge is 0.494 e. The second kappa shape index (κ2) is 9.26. The molecule has 0 aromatic heterocycles. The molecular weight excluding hydrogens is 355 g/mol. The number of rotatable bonds is 6. The third-order valence-electron chi connectivity index (χ3n) is 4.75. The Morgan fingerprint density at radius 1 is 1.18 bits per heavy atom. The van der Waals surface area contributed by atoms with E-state index in [1.54, 1.807) is 13.1 Å². The number of hydrogen-bond donors (Lipinski definition) is 1. The number of ether oxygens (including phenoxy) is 1. The molecule has 1 aliphatic rings. The topological polar surface area (TPSA) is 40.1 Å². The Balaban J connectivity index is 1.59. The zero-order valence-electron chi connectivity index (χ0n) is 16.7. The Morgan fingerprint density at radius 3 is 2.64 bits per heavy atom. The lowest BCUT2D eigenvalue weighted by atomic mass is 10.2. The van der Waals surface area contributed by atoms with E-state index in [0.717, 1.165) is 24.6 Å². The molecule has 0 unspecified atom stereocenters. The smallest absolute Gasteiger partial charge is 0.193 e. The third-order valence-corrected chi connectivity index (χ3v) is 4.75. The molecule has 0 fully saturated rings. The molecule has 0 bridgehead atoms. The van der Waals surface area contributed by atoms with Gasteiger partial charge in [-0.05, 0) is 35.4 Å². The van der Waals surface area contributed by atoms with Crippen LogP contribution >= 0.6 is 0 Å². The molecule has 148 valence electrons. The van der Waals surface area contributed by atoms with Crippen LogP contribution in [0.4, 0.5) is 10.1 Å². The minimum atomic E-state index is -0.357. The highest BCUT2D eigenvalue weighted by atomic mass is 19.1. The molecule has 6 heteroatoms. The summed E-state index contributed by atoms with van der Waals surface area (Å²) in [6.07, 6.45) is 4.37. The van der Waals surface area contributed by atoms with Gasteiger partial charge < -0.3 is 19.9 Å².